The Kier molecular flexibility index (Phi) is 10.6. The van der Waals surface area contributed by atoms with Crippen molar-refractivity contribution < 1.29 is 29.0 Å². The lowest BCUT2D eigenvalue weighted by Gasteiger charge is -2.21. The first kappa shape index (κ1) is 23.4. The summed E-state index contributed by atoms with van der Waals surface area (Å²) in [5, 5.41) is 14.6. The van der Waals surface area contributed by atoms with E-state index >= 15 is 0 Å². The number of alkyl carbamates (subject to hydrolysis) is 1. The van der Waals surface area contributed by atoms with Crippen LogP contribution >= 0.6 is 0 Å². The molecule has 2 amide bonds. The maximum atomic E-state index is 12.0. The normalized spacial score (nSPS) is 13.7. The molecule has 0 saturated carbocycles. The van der Waals surface area contributed by atoms with Crippen molar-refractivity contribution in [2.24, 2.45) is 5.73 Å². The molecule has 3 atom stereocenters. The molecule has 0 heterocycles. The number of methoxy groups -OCH3 is 1. The third kappa shape index (κ3) is 8.83. The van der Waals surface area contributed by atoms with Gasteiger partial charge in [0.25, 0.3) is 0 Å². The SMILES string of the molecule is COC(=O)[C@@H](NC(=O)[C@H](N)CCCCNC(=O)OCc1ccccc1)[C@@H](C)O. The van der Waals surface area contributed by atoms with Gasteiger partial charge in [-0.1, -0.05) is 30.3 Å². The van der Waals surface area contributed by atoms with Gasteiger partial charge in [0.2, 0.25) is 5.91 Å². The van der Waals surface area contributed by atoms with Gasteiger partial charge in [-0.25, -0.2) is 9.59 Å². The summed E-state index contributed by atoms with van der Waals surface area (Å²) in [5.41, 5.74) is 6.70. The van der Waals surface area contributed by atoms with Gasteiger partial charge in [0.15, 0.2) is 6.04 Å². The Morgan fingerprint density at radius 2 is 1.86 bits per heavy atom. The van der Waals surface area contributed by atoms with Gasteiger partial charge in [0.05, 0.1) is 19.3 Å². The van der Waals surface area contributed by atoms with Crippen LogP contribution < -0.4 is 16.4 Å². The summed E-state index contributed by atoms with van der Waals surface area (Å²) >= 11 is 0. The molecule has 0 radical (unpaired) electrons. The van der Waals surface area contributed by atoms with Gasteiger partial charge in [-0.3, -0.25) is 4.79 Å². The first-order valence-corrected chi connectivity index (χ1v) is 9.11. The highest BCUT2D eigenvalue weighted by atomic mass is 16.5. The van der Waals surface area contributed by atoms with Crippen LogP contribution in [0.3, 0.4) is 0 Å². The molecule has 0 fully saturated rings. The van der Waals surface area contributed by atoms with Crippen LogP contribution in [0.5, 0.6) is 0 Å². The molecule has 0 spiro atoms. The van der Waals surface area contributed by atoms with Gasteiger partial charge in [-0.15, -0.1) is 0 Å². The highest BCUT2D eigenvalue weighted by Gasteiger charge is 2.28. The largest absolute Gasteiger partial charge is 0.467 e. The molecular weight excluding hydrogens is 366 g/mol. The van der Waals surface area contributed by atoms with E-state index in [1.807, 2.05) is 30.3 Å². The van der Waals surface area contributed by atoms with Gasteiger partial charge in [-0.05, 0) is 31.7 Å². The number of aliphatic hydroxyl groups excluding tert-OH is 1. The van der Waals surface area contributed by atoms with Crippen molar-refractivity contribution in [1.29, 1.82) is 0 Å². The number of hydrogen-bond donors (Lipinski definition) is 4. The Morgan fingerprint density at radius 1 is 1.18 bits per heavy atom. The molecule has 0 aliphatic carbocycles. The van der Waals surface area contributed by atoms with E-state index < -0.39 is 36.2 Å². The highest BCUT2D eigenvalue weighted by molar-refractivity contribution is 5.87. The number of unbranched alkanes of at least 4 members (excludes halogenated alkanes) is 1. The summed E-state index contributed by atoms with van der Waals surface area (Å²) in [6.07, 6.45) is -0.0534. The van der Waals surface area contributed by atoms with Crippen molar-refractivity contribution in [3.8, 4) is 0 Å². The molecule has 1 aromatic rings. The molecule has 0 aliphatic rings. The fourth-order valence-corrected chi connectivity index (χ4v) is 2.35. The second-order valence-electron chi connectivity index (χ2n) is 6.34. The summed E-state index contributed by atoms with van der Waals surface area (Å²) in [7, 11) is 1.17. The van der Waals surface area contributed by atoms with Crippen molar-refractivity contribution in [1.82, 2.24) is 10.6 Å². The zero-order valence-corrected chi connectivity index (χ0v) is 16.2. The number of aliphatic hydroxyl groups is 1. The van der Waals surface area contributed by atoms with Crippen LogP contribution in [0.2, 0.25) is 0 Å². The third-order valence-corrected chi connectivity index (χ3v) is 4.00. The van der Waals surface area contributed by atoms with E-state index in [-0.39, 0.29) is 6.61 Å². The lowest BCUT2D eigenvalue weighted by molar-refractivity contribution is -0.148. The number of esters is 1. The fraction of sp³-hybridized carbons (Fsp3) is 0.526. The van der Waals surface area contributed by atoms with Crippen molar-refractivity contribution >= 4 is 18.0 Å². The van der Waals surface area contributed by atoms with Crippen molar-refractivity contribution in [3.05, 3.63) is 35.9 Å². The molecule has 156 valence electrons. The van der Waals surface area contributed by atoms with Crippen molar-refractivity contribution in [2.75, 3.05) is 13.7 Å². The molecule has 0 aliphatic heterocycles. The first-order chi connectivity index (χ1) is 13.3. The van der Waals surface area contributed by atoms with Crippen LogP contribution in [0.25, 0.3) is 0 Å². The number of carbonyl (C=O) groups excluding carboxylic acids is 3. The second kappa shape index (κ2) is 12.7. The molecule has 0 bridgehead atoms. The zero-order chi connectivity index (χ0) is 20.9. The average molecular weight is 395 g/mol. The minimum absolute atomic E-state index is 0.197. The highest BCUT2D eigenvalue weighted by Crippen LogP contribution is 2.03. The molecule has 0 unspecified atom stereocenters. The number of rotatable bonds is 11. The Balaban J connectivity index is 2.19. The summed E-state index contributed by atoms with van der Waals surface area (Å²) < 4.78 is 9.62. The summed E-state index contributed by atoms with van der Waals surface area (Å²) in [6.45, 7) is 1.96. The molecule has 0 aromatic heterocycles. The van der Waals surface area contributed by atoms with E-state index in [4.69, 9.17) is 10.5 Å². The third-order valence-electron chi connectivity index (χ3n) is 4.00. The maximum Gasteiger partial charge on any atom is 0.407 e. The molecule has 28 heavy (non-hydrogen) atoms. The Morgan fingerprint density at radius 3 is 2.46 bits per heavy atom. The number of ether oxygens (including phenoxy) is 2. The number of amides is 2. The van der Waals surface area contributed by atoms with E-state index in [1.165, 1.54) is 14.0 Å². The Labute approximate surface area is 164 Å². The molecule has 5 N–H and O–H groups in total. The maximum absolute atomic E-state index is 12.0. The lowest BCUT2D eigenvalue weighted by atomic mass is 10.1. The van der Waals surface area contributed by atoms with Crippen LogP contribution in [0.1, 0.15) is 31.7 Å². The van der Waals surface area contributed by atoms with E-state index in [0.29, 0.717) is 25.8 Å². The fourth-order valence-electron chi connectivity index (χ4n) is 2.35. The van der Waals surface area contributed by atoms with Crippen LogP contribution in [-0.4, -0.2) is 54.9 Å². The number of nitrogens with two attached hydrogens (primary N) is 1. The summed E-state index contributed by atoms with van der Waals surface area (Å²) in [5.74, 6) is -1.29. The number of carbonyl (C=O) groups is 3. The molecule has 1 rings (SSSR count). The van der Waals surface area contributed by atoms with E-state index in [9.17, 15) is 19.5 Å². The van der Waals surface area contributed by atoms with Crippen molar-refractivity contribution in [3.63, 3.8) is 0 Å². The quantitative estimate of drug-likeness (QED) is 0.315. The molecule has 1 aromatic carbocycles. The minimum Gasteiger partial charge on any atom is -0.467 e. The monoisotopic (exact) mass is 395 g/mol. The number of benzene rings is 1. The Bertz CT molecular complexity index is 623. The topological polar surface area (TPSA) is 140 Å². The van der Waals surface area contributed by atoms with Crippen LogP contribution in [0.15, 0.2) is 30.3 Å². The molecular formula is C19H29N3O6. The van der Waals surface area contributed by atoms with Gasteiger partial charge >= 0.3 is 12.1 Å². The van der Waals surface area contributed by atoms with Crippen LogP contribution in [0, 0.1) is 0 Å². The van der Waals surface area contributed by atoms with Crippen LogP contribution in [0.4, 0.5) is 4.79 Å². The lowest BCUT2D eigenvalue weighted by Crippen LogP contribution is -2.53. The van der Waals surface area contributed by atoms with Crippen LogP contribution in [-0.2, 0) is 25.7 Å². The van der Waals surface area contributed by atoms with Crippen molar-refractivity contribution in [2.45, 2.75) is 51.0 Å². The predicted molar refractivity (Wildman–Crippen MR) is 102 cm³/mol. The standard InChI is InChI=1S/C19H29N3O6/c1-13(23)16(18(25)27-2)22-17(24)15(20)10-6-7-11-21-19(26)28-12-14-8-4-3-5-9-14/h3-5,8-9,13,15-16,23H,6-7,10-12,20H2,1-2H3,(H,21,26)(H,22,24)/t13-,15-,16+/m1/s1. The Hall–Kier alpha value is -2.65. The van der Waals surface area contributed by atoms with Gasteiger partial charge < -0.3 is 30.9 Å². The number of nitrogens with one attached hydrogen (secondary N) is 2. The smallest absolute Gasteiger partial charge is 0.407 e. The zero-order valence-electron chi connectivity index (χ0n) is 16.2. The molecule has 9 heteroatoms. The van der Waals surface area contributed by atoms with E-state index in [0.717, 1.165) is 5.56 Å². The van der Waals surface area contributed by atoms with Gasteiger partial charge in [0.1, 0.15) is 6.61 Å². The van der Waals surface area contributed by atoms with E-state index in [1.54, 1.807) is 0 Å². The predicted octanol–water partition coefficient (Wildman–Crippen LogP) is 0.449. The summed E-state index contributed by atoms with van der Waals surface area (Å²) in [6, 6.07) is 7.34. The first-order valence-electron chi connectivity index (χ1n) is 9.11. The van der Waals surface area contributed by atoms with Gasteiger partial charge in [0, 0.05) is 6.54 Å². The minimum atomic E-state index is -1.16. The second-order valence-corrected chi connectivity index (χ2v) is 6.34. The average Bonchev–Trinajstić information content (AvgIpc) is 2.69. The number of hydrogen-bond acceptors (Lipinski definition) is 7. The summed E-state index contributed by atoms with van der Waals surface area (Å²) in [4.78, 5) is 35.2. The molecule has 9 nitrogen and oxygen atoms in total. The molecule has 0 saturated heterocycles. The van der Waals surface area contributed by atoms with E-state index in [2.05, 4.69) is 15.4 Å². The van der Waals surface area contributed by atoms with Gasteiger partial charge in [-0.2, -0.15) is 0 Å².